The topological polar surface area (TPSA) is 34.9 Å². The van der Waals surface area contributed by atoms with Crippen LogP contribution in [0.25, 0.3) is 5.69 Å². The van der Waals surface area contributed by atoms with Crippen molar-refractivity contribution in [3.63, 3.8) is 0 Å². The number of nitrogens with zero attached hydrogens (tertiary/aromatic N) is 2. The zero-order valence-corrected chi connectivity index (χ0v) is 8.90. The summed E-state index contributed by atoms with van der Waals surface area (Å²) in [6.07, 6.45) is 5.89. The van der Waals surface area contributed by atoms with Crippen molar-refractivity contribution in [2.45, 2.75) is 6.92 Å². The molecule has 76 valence electrons. The number of aldehydes is 1. The van der Waals surface area contributed by atoms with Gasteiger partial charge in [-0.2, -0.15) is 0 Å². The van der Waals surface area contributed by atoms with Crippen LogP contribution < -0.4 is 0 Å². The molecule has 0 radical (unpaired) electrons. The lowest BCUT2D eigenvalue weighted by atomic mass is 10.2. The van der Waals surface area contributed by atoms with Gasteiger partial charge in [-0.1, -0.05) is 11.6 Å². The van der Waals surface area contributed by atoms with Crippen molar-refractivity contribution in [3.8, 4) is 5.69 Å². The molecule has 0 aliphatic heterocycles. The van der Waals surface area contributed by atoms with Gasteiger partial charge in [0.15, 0.2) is 6.29 Å². The van der Waals surface area contributed by atoms with Gasteiger partial charge in [0.05, 0.1) is 22.6 Å². The van der Waals surface area contributed by atoms with Crippen LogP contribution in [-0.2, 0) is 0 Å². The predicted molar refractivity (Wildman–Crippen MR) is 58.7 cm³/mol. The molecule has 0 amide bonds. The summed E-state index contributed by atoms with van der Waals surface area (Å²) >= 11 is 5.96. The van der Waals surface area contributed by atoms with Crippen LogP contribution in [0.3, 0.4) is 0 Å². The van der Waals surface area contributed by atoms with E-state index < -0.39 is 0 Å². The van der Waals surface area contributed by atoms with Crippen LogP contribution in [0.2, 0.25) is 5.02 Å². The summed E-state index contributed by atoms with van der Waals surface area (Å²) in [6, 6.07) is 3.55. The minimum atomic E-state index is 0.585. The van der Waals surface area contributed by atoms with Gasteiger partial charge in [-0.05, 0) is 24.6 Å². The van der Waals surface area contributed by atoms with Crippen LogP contribution in [-0.4, -0.2) is 15.8 Å². The average molecular weight is 221 g/mol. The highest BCUT2D eigenvalue weighted by Gasteiger charge is 2.07. The second kappa shape index (κ2) is 3.87. The Kier molecular flexibility index (Phi) is 2.56. The summed E-state index contributed by atoms with van der Waals surface area (Å²) < 4.78 is 1.77. The first-order chi connectivity index (χ1) is 7.24. The smallest absolute Gasteiger partial charge is 0.166 e. The Morgan fingerprint density at radius 2 is 2.27 bits per heavy atom. The molecule has 0 saturated heterocycles. The summed E-state index contributed by atoms with van der Waals surface area (Å²) in [5.74, 6) is 0. The molecule has 3 nitrogen and oxygen atoms in total. The zero-order valence-electron chi connectivity index (χ0n) is 8.14. The molecule has 0 aromatic carbocycles. The second-order valence-corrected chi connectivity index (χ2v) is 3.59. The van der Waals surface area contributed by atoms with E-state index >= 15 is 0 Å². The molecule has 2 aromatic rings. The number of hydrogen-bond acceptors (Lipinski definition) is 2. The number of hydrogen-bond donors (Lipinski definition) is 0. The lowest BCUT2D eigenvalue weighted by molar-refractivity contribution is 0.111. The van der Waals surface area contributed by atoms with Gasteiger partial charge in [0.1, 0.15) is 0 Å². The van der Waals surface area contributed by atoms with Crippen molar-refractivity contribution in [2.24, 2.45) is 0 Å². The molecule has 2 aromatic heterocycles. The Labute approximate surface area is 92.3 Å². The lowest BCUT2D eigenvalue weighted by Crippen LogP contribution is -2.00. The minimum absolute atomic E-state index is 0.585. The number of rotatable bonds is 2. The van der Waals surface area contributed by atoms with E-state index in [1.165, 1.54) is 0 Å². The Hall–Kier alpha value is -1.61. The number of carbonyl (C=O) groups excluding carboxylic acids is 1. The quantitative estimate of drug-likeness (QED) is 0.730. The van der Waals surface area contributed by atoms with Gasteiger partial charge in [0.2, 0.25) is 0 Å². The van der Waals surface area contributed by atoms with Gasteiger partial charge in [-0.15, -0.1) is 0 Å². The molecule has 0 aliphatic carbocycles. The van der Waals surface area contributed by atoms with Gasteiger partial charge in [-0.3, -0.25) is 9.78 Å². The van der Waals surface area contributed by atoms with Crippen molar-refractivity contribution < 1.29 is 4.79 Å². The molecular formula is C11H9ClN2O. The first kappa shape index (κ1) is 9.93. The number of pyridine rings is 1. The van der Waals surface area contributed by atoms with Crippen molar-refractivity contribution >= 4 is 17.9 Å². The molecule has 2 rings (SSSR count). The minimum Gasteiger partial charge on any atom is -0.312 e. The second-order valence-electron chi connectivity index (χ2n) is 3.19. The number of aromatic nitrogens is 2. The molecule has 0 saturated carbocycles. The van der Waals surface area contributed by atoms with Crippen molar-refractivity contribution in [2.75, 3.05) is 0 Å². The van der Waals surface area contributed by atoms with Crippen molar-refractivity contribution in [1.29, 1.82) is 0 Å². The normalized spacial score (nSPS) is 10.3. The molecule has 0 atom stereocenters. The summed E-state index contributed by atoms with van der Waals surface area (Å²) in [5.41, 5.74) is 2.32. The number of carbonyl (C=O) groups is 1. The molecule has 0 N–H and O–H groups in total. The molecule has 0 spiro atoms. The van der Waals surface area contributed by atoms with E-state index in [4.69, 9.17) is 11.6 Å². The standard InChI is InChI=1S/C11H9ClN2O/c1-8-10(12)5-13-6-11(8)14-4-2-3-9(14)7-15/h2-7H,1H3. The van der Waals surface area contributed by atoms with E-state index in [1.54, 1.807) is 23.0 Å². The van der Waals surface area contributed by atoms with Gasteiger partial charge >= 0.3 is 0 Å². The van der Waals surface area contributed by atoms with E-state index in [0.29, 0.717) is 10.7 Å². The third-order valence-electron chi connectivity index (χ3n) is 2.29. The molecular weight excluding hydrogens is 212 g/mol. The molecule has 0 aliphatic rings. The van der Waals surface area contributed by atoms with Crippen LogP contribution in [0.5, 0.6) is 0 Å². The van der Waals surface area contributed by atoms with E-state index in [-0.39, 0.29) is 0 Å². The highest BCUT2D eigenvalue weighted by molar-refractivity contribution is 6.31. The van der Waals surface area contributed by atoms with Gasteiger partial charge in [0.25, 0.3) is 0 Å². The van der Waals surface area contributed by atoms with E-state index in [2.05, 4.69) is 4.98 Å². The Balaban J connectivity index is 2.64. The average Bonchev–Trinajstić information content (AvgIpc) is 2.70. The molecule has 2 heterocycles. The Morgan fingerprint density at radius 1 is 1.47 bits per heavy atom. The lowest BCUT2D eigenvalue weighted by Gasteiger charge is -2.09. The Morgan fingerprint density at radius 3 is 3.00 bits per heavy atom. The van der Waals surface area contributed by atoms with Gasteiger partial charge in [0, 0.05) is 12.4 Å². The van der Waals surface area contributed by atoms with Crippen molar-refractivity contribution in [1.82, 2.24) is 9.55 Å². The first-order valence-corrected chi connectivity index (χ1v) is 4.85. The maximum atomic E-state index is 10.8. The zero-order chi connectivity index (χ0) is 10.8. The van der Waals surface area contributed by atoms with Crippen molar-refractivity contribution in [3.05, 3.63) is 47.0 Å². The van der Waals surface area contributed by atoms with Crippen LogP contribution in [0.4, 0.5) is 0 Å². The monoisotopic (exact) mass is 220 g/mol. The maximum absolute atomic E-state index is 10.8. The molecule has 0 bridgehead atoms. The summed E-state index contributed by atoms with van der Waals surface area (Å²) in [7, 11) is 0. The first-order valence-electron chi connectivity index (χ1n) is 4.47. The van der Waals surface area contributed by atoms with E-state index in [1.807, 2.05) is 19.2 Å². The van der Waals surface area contributed by atoms with Crippen LogP contribution in [0, 0.1) is 6.92 Å². The van der Waals surface area contributed by atoms with Gasteiger partial charge in [-0.25, -0.2) is 0 Å². The Bertz CT molecular complexity index is 505. The third kappa shape index (κ3) is 1.66. The van der Waals surface area contributed by atoms with Crippen LogP contribution >= 0.6 is 11.6 Å². The summed E-state index contributed by atoms with van der Waals surface area (Å²) in [4.78, 5) is 14.8. The molecule has 0 unspecified atom stereocenters. The number of halogens is 1. The summed E-state index contributed by atoms with van der Waals surface area (Å²) in [6.45, 7) is 1.90. The predicted octanol–water partition coefficient (Wildman–Crippen LogP) is 2.65. The highest BCUT2D eigenvalue weighted by Crippen LogP contribution is 2.21. The molecule has 4 heteroatoms. The molecule has 15 heavy (non-hydrogen) atoms. The fourth-order valence-corrected chi connectivity index (χ4v) is 1.59. The van der Waals surface area contributed by atoms with Gasteiger partial charge < -0.3 is 4.57 Å². The SMILES string of the molecule is Cc1c(Cl)cncc1-n1cccc1C=O. The molecule has 0 fully saturated rings. The maximum Gasteiger partial charge on any atom is 0.166 e. The van der Waals surface area contributed by atoms with Crippen LogP contribution in [0.15, 0.2) is 30.7 Å². The fourth-order valence-electron chi connectivity index (χ4n) is 1.44. The summed E-state index contributed by atoms with van der Waals surface area (Å²) in [5, 5.41) is 0.595. The highest BCUT2D eigenvalue weighted by atomic mass is 35.5. The van der Waals surface area contributed by atoms with E-state index in [9.17, 15) is 4.79 Å². The van der Waals surface area contributed by atoms with E-state index in [0.717, 1.165) is 17.5 Å². The fraction of sp³-hybridized carbons (Fsp3) is 0.0909. The van der Waals surface area contributed by atoms with Crippen LogP contribution in [0.1, 0.15) is 16.1 Å². The largest absolute Gasteiger partial charge is 0.312 e. The third-order valence-corrected chi connectivity index (χ3v) is 2.67.